The van der Waals surface area contributed by atoms with Crippen LogP contribution in [0.2, 0.25) is 0 Å². The van der Waals surface area contributed by atoms with Crippen molar-refractivity contribution in [3.8, 4) is 5.75 Å². The number of nitrogens with two attached hydrogens (primary N) is 1. The average Bonchev–Trinajstić information content (AvgIpc) is 2.39. The number of rotatable bonds is 7. The molecule has 0 radical (unpaired) electrons. The lowest BCUT2D eigenvalue weighted by molar-refractivity contribution is -0.129. The molecule has 0 saturated carbocycles. The van der Waals surface area contributed by atoms with E-state index in [1.807, 2.05) is 24.3 Å². The van der Waals surface area contributed by atoms with Crippen LogP contribution in [0.3, 0.4) is 0 Å². The molecule has 19 heavy (non-hydrogen) atoms. The minimum Gasteiger partial charge on any atom is -0.497 e. The highest BCUT2D eigenvalue weighted by Gasteiger charge is 2.13. The van der Waals surface area contributed by atoms with Gasteiger partial charge in [0, 0.05) is 26.7 Å². The molecule has 0 aliphatic heterocycles. The molecule has 0 spiro atoms. The summed E-state index contributed by atoms with van der Waals surface area (Å²) < 4.78 is 10.1. The minimum absolute atomic E-state index is 0.0276. The molecule has 1 atom stereocenters. The van der Waals surface area contributed by atoms with Crippen LogP contribution in [-0.4, -0.2) is 51.3 Å². The molecule has 1 aromatic carbocycles. The van der Waals surface area contributed by atoms with E-state index in [0.717, 1.165) is 11.3 Å². The zero-order valence-electron chi connectivity index (χ0n) is 11.8. The number of hydrogen-bond acceptors (Lipinski definition) is 4. The highest BCUT2D eigenvalue weighted by atomic mass is 16.5. The van der Waals surface area contributed by atoms with Gasteiger partial charge in [0.25, 0.3) is 0 Å². The van der Waals surface area contributed by atoms with Crippen molar-refractivity contribution < 1.29 is 14.3 Å². The van der Waals surface area contributed by atoms with Crippen molar-refractivity contribution in [2.45, 2.75) is 12.5 Å². The van der Waals surface area contributed by atoms with Crippen molar-refractivity contribution in [3.63, 3.8) is 0 Å². The first-order chi connectivity index (χ1) is 9.06. The smallest absolute Gasteiger partial charge is 0.226 e. The Morgan fingerprint density at radius 2 is 2.16 bits per heavy atom. The monoisotopic (exact) mass is 266 g/mol. The van der Waals surface area contributed by atoms with E-state index < -0.39 is 0 Å². The highest BCUT2D eigenvalue weighted by molar-refractivity contribution is 5.78. The van der Waals surface area contributed by atoms with Crippen LogP contribution in [0.5, 0.6) is 5.75 Å². The fraction of sp³-hybridized carbons (Fsp3) is 0.500. The first-order valence-corrected chi connectivity index (χ1v) is 6.18. The van der Waals surface area contributed by atoms with Crippen LogP contribution in [0.15, 0.2) is 24.3 Å². The van der Waals surface area contributed by atoms with Gasteiger partial charge in [0.1, 0.15) is 5.75 Å². The quantitative estimate of drug-likeness (QED) is 0.788. The SMILES string of the molecule is COCC(N)CN(C)C(=O)Cc1cccc(OC)c1. The number of benzene rings is 1. The third-order valence-electron chi connectivity index (χ3n) is 2.80. The number of carbonyl (C=O) groups is 1. The van der Waals surface area contributed by atoms with Crippen molar-refractivity contribution in [1.82, 2.24) is 4.90 Å². The lowest BCUT2D eigenvalue weighted by Gasteiger charge is -2.21. The van der Waals surface area contributed by atoms with E-state index >= 15 is 0 Å². The maximum Gasteiger partial charge on any atom is 0.226 e. The van der Waals surface area contributed by atoms with Gasteiger partial charge in [-0.25, -0.2) is 0 Å². The van der Waals surface area contributed by atoms with Gasteiger partial charge < -0.3 is 20.1 Å². The van der Waals surface area contributed by atoms with Crippen molar-refractivity contribution in [3.05, 3.63) is 29.8 Å². The number of ether oxygens (including phenoxy) is 2. The normalized spacial score (nSPS) is 12.0. The Morgan fingerprint density at radius 3 is 2.79 bits per heavy atom. The summed E-state index contributed by atoms with van der Waals surface area (Å²) in [7, 11) is 4.95. The van der Waals surface area contributed by atoms with Crippen LogP contribution in [0, 0.1) is 0 Å². The molecule has 0 heterocycles. The summed E-state index contributed by atoms with van der Waals surface area (Å²) in [5.41, 5.74) is 6.75. The van der Waals surface area contributed by atoms with E-state index in [-0.39, 0.29) is 11.9 Å². The summed E-state index contributed by atoms with van der Waals surface area (Å²) in [6.45, 7) is 0.924. The Labute approximate surface area is 114 Å². The van der Waals surface area contributed by atoms with Gasteiger partial charge in [-0.05, 0) is 17.7 Å². The number of hydrogen-bond donors (Lipinski definition) is 1. The van der Waals surface area contributed by atoms with Crippen LogP contribution in [0.1, 0.15) is 5.56 Å². The second-order valence-electron chi connectivity index (χ2n) is 4.52. The standard InChI is InChI=1S/C14H22N2O3/c1-16(9-12(15)10-18-2)14(17)8-11-5-4-6-13(7-11)19-3/h4-7,12H,8-10,15H2,1-3H3. The van der Waals surface area contributed by atoms with Gasteiger partial charge in [-0.1, -0.05) is 12.1 Å². The first kappa shape index (κ1) is 15.5. The number of carbonyl (C=O) groups excluding carboxylic acids is 1. The van der Waals surface area contributed by atoms with Crippen LogP contribution >= 0.6 is 0 Å². The third kappa shape index (κ3) is 5.28. The Morgan fingerprint density at radius 1 is 1.42 bits per heavy atom. The second-order valence-corrected chi connectivity index (χ2v) is 4.52. The van der Waals surface area contributed by atoms with Crippen molar-refractivity contribution in [2.24, 2.45) is 5.73 Å². The molecule has 0 saturated heterocycles. The Kier molecular flexibility index (Phi) is 6.32. The molecule has 1 unspecified atom stereocenters. The number of nitrogens with zero attached hydrogens (tertiary/aromatic N) is 1. The fourth-order valence-electron chi connectivity index (χ4n) is 1.81. The molecular formula is C14H22N2O3. The second kappa shape index (κ2) is 7.76. The molecular weight excluding hydrogens is 244 g/mol. The Balaban J connectivity index is 2.53. The number of methoxy groups -OCH3 is 2. The highest BCUT2D eigenvalue weighted by Crippen LogP contribution is 2.13. The molecule has 0 fully saturated rings. The topological polar surface area (TPSA) is 64.8 Å². The summed E-state index contributed by atoms with van der Waals surface area (Å²) in [6.07, 6.45) is 0.341. The zero-order chi connectivity index (χ0) is 14.3. The lowest BCUT2D eigenvalue weighted by Crippen LogP contribution is -2.41. The van der Waals surface area contributed by atoms with E-state index in [0.29, 0.717) is 19.6 Å². The molecule has 5 nitrogen and oxygen atoms in total. The van der Waals surface area contributed by atoms with Gasteiger partial charge >= 0.3 is 0 Å². The Hall–Kier alpha value is -1.59. The predicted octanol–water partition coefficient (Wildman–Crippen LogP) is 0.670. The van der Waals surface area contributed by atoms with E-state index in [9.17, 15) is 4.79 Å². The Bertz CT molecular complexity index is 409. The van der Waals surface area contributed by atoms with Crippen molar-refractivity contribution in [1.29, 1.82) is 0 Å². The molecule has 1 aromatic rings. The summed E-state index contributed by atoms with van der Waals surface area (Å²) in [5, 5.41) is 0. The molecule has 106 valence electrons. The molecule has 0 aliphatic carbocycles. The summed E-state index contributed by atoms with van der Waals surface area (Å²) in [4.78, 5) is 13.7. The average molecular weight is 266 g/mol. The molecule has 0 aromatic heterocycles. The van der Waals surface area contributed by atoms with Gasteiger partial charge in [0.05, 0.1) is 20.1 Å². The molecule has 5 heteroatoms. The van der Waals surface area contributed by atoms with Gasteiger partial charge in [-0.3, -0.25) is 4.79 Å². The van der Waals surface area contributed by atoms with Gasteiger partial charge in [0.15, 0.2) is 0 Å². The summed E-state index contributed by atoms with van der Waals surface area (Å²) >= 11 is 0. The molecule has 1 rings (SSSR count). The van der Waals surface area contributed by atoms with Crippen LogP contribution in [0.25, 0.3) is 0 Å². The van der Waals surface area contributed by atoms with E-state index in [4.69, 9.17) is 15.2 Å². The molecule has 1 amide bonds. The maximum absolute atomic E-state index is 12.0. The van der Waals surface area contributed by atoms with Gasteiger partial charge in [-0.15, -0.1) is 0 Å². The van der Waals surface area contributed by atoms with Crippen molar-refractivity contribution >= 4 is 5.91 Å². The zero-order valence-corrected chi connectivity index (χ0v) is 11.8. The van der Waals surface area contributed by atoms with Gasteiger partial charge in [-0.2, -0.15) is 0 Å². The van der Waals surface area contributed by atoms with E-state index in [2.05, 4.69) is 0 Å². The first-order valence-electron chi connectivity index (χ1n) is 6.18. The van der Waals surface area contributed by atoms with Crippen LogP contribution < -0.4 is 10.5 Å². The summed E-state index contributed by atoms with van der Waals surface area (Å²) in [6, 6.07) is 7.33. The maximum atomic E-state index is 12.0. The molecule has 0 aliphatic rings. The van der Waals surface area contributed by atoms with Crippen LogP contribution in [0.4, 0.5) is 0 Å². The minimum atomic E-state index is -0.163. The number of likely N-dealkylation sites (N-methyl/N-ethyl adjacent to an activating group) is 1. The largest absolute Gasteiger partial charge is 0.497 e. The fourth-order valence-corrected chi connectivity index (χ4v) is 1.81. The van der Waals surface area contributed by atoms with Crippen molar-refractivity contribution in [2.75, 3.05) is 34.4 Å². The van der Waals surface area contributed by atoms with Gasteiger partial charge in [0.2, 0.25) is 5.91 Å². The lowest BCUT2D eigenvalue weighted by atomic mass is 10.1. The number of amides is 1. The van der Waals surface area contributed by atoms with E-state index in [1.165, 1.54) is 0 Å². The third-order valence-corrected chi connectivity index (χ3v) is 2.80. The van der Waals surface area contributed by atoms with E-state index in [1.54, 1.807) is 26.2 Å². The molecule has 0 bridgehead atoms. The van der Waals surface area contributed by atoms with Crippen LogP contribution in [-0.2, 0) is 16.0 Å². The summed E-state index contributed by atoms with van der Waals surface area (Å²) in [5.74, 6) is 0.781. The predicted molar refractivity (Wildman–Crippen MR) is 74.2 cm³/mol. The molecule has 2 N–H and O–H groups in total.